The van der Waals surface area contributed by atoms with E-state index >= 15 is 0 Å². The smallest absolute Gasteiger partial charge is 0.231 e. The molecule has 0 saturated carbocycles. The van der Waals surface area contributed by atoms with Gasteiger partial charge in [0.05, 0.1) is 37.4 Å². The highest BCUT2D eigenvalue weighted by Gasteiger charge is 2.33. The van der Waals surface area contributed by atoms with E-state index in [0.717, 1.165) is 68.1 Å². The maximum Gasteiger partial charge on any atom is 0.231 e. The molecule has 0 radical (unpaired) electrons. The Bertz CT molecular complexity index is 1170. The molecule has 0 amide bonds. The molecule has 1 saturated heterocycles. The van der Waals surface area contributed by atoms with Crippen LogP contribution in [0.25, 0.3) is 22.2 Å². The first-order chi connectivity index (χ1) is 16.4. The average Bonchev–Trinajstić information content (AvgIpc) is 3.20. The van der Waals surface area contributed by atoms with Crippen molar-refractivity contribution < 1.29 is 19.0 Å². The third-order valence-corrected chi connectivity index (χ3v) is 6.67. The van der Waals surface area contributed by atoms with Crippen LogP contribution < -0.4 is 9.80 Å². The van der Waals surface area contributed by atoms with Gasteiger partial charge in [-0.2, -0.15) is 4.98 Å². The van der Waals surface area contributed by atoms with Crippen molar-refractivity contribution in [2.45, 2.75) is 32.5 Å². The van der Waals surface area contributed by atoms with Crippen LogP contribution in [0.4, 0.5) is 11.6 Å². The molecule has 34 heavy (non-hydrogen) atoms. The molecule has 0 spiro atoms. The second-order valence-electron chi connectivity index (χ2n) is 9.83. The minimum Gasteiger partial charge on any atom is -0.432 e. The second-order valence-corrected chi connectivity index (χ2v) is 9.83. The lowest BCUT2D eigenvalue weighted by molar-refractivity contribution is -0.0395. The van der Waals surface area contributed by atoms with E-state index < -0.39 is 0 Å². The maximum absolute atomic E-state index is 9.78. The maximum atomic E-state index is 9.78. The lowest BCUT2D eigenvalue weighted by atomic mass is 9.90. The van der Waals surface area contributed by atoms with E-state index in [2.05, 4.69) is 33.6 Å². The van der Waals surface area contributed by atoms with Gasteiger partial charge in [0.25, 0.3) is 0 Å². The molecule has 0 bridgehead atoms. The van der Waals surface area contributed by atoms with Crippen molar-refractivity contribution in [3.63, 3.8) is 0 Å². The number of morpholine rings is 1. The first-order valence-corrected chi connectivity index (χ1v) is 11.9. The summed E-state index contributed by atoms with van der Waals surface area (Å²) in [6, 6.07) is 0. The van der Waals surface area contributed by atoms with E-state index in [4.69, 9.17) is 18.9 Å². The molecular weight excluding hydrogens is 436 g/mol. The first-order valence-electron chi connectivity index (χ1n) is 11.9. The van der Waals surface area contributed by atoms with Crippen molar-refractivity contribution in [1.29, 1.82) is 0 Å². The molecule has 3 aromatic rings. The van der Waals surface area contributed by atoms with Gasteiger partial charge in [-0.15, -0.1) is 0 Å². The number of ether oxygens (including phenoxy) is 2. The van der Waals surface area contributed by atoms with Crippen LogP contribution in [0.5, 0.6) is 0 Å². The standard InChI is InChI=1S/C24H34N6O4/c1-24(2)13-16-17(14-33-24)21(28(3)4)27-23-18(16)19-20(34-23)22(26-15-25-19)30(7-10-31)6-5-29-8-11-32-12-9-29/h15,31H,5-14H2,1-4H3. The summed E-state index contributed by atoms with van der Waals surface area (Å²) in [7, 11) is 3.97. The fourth-order valence-electron chi connectivity index (χ4n) is 4.90. The summed E-state index contributed by atoms with van der Waals surface area (Å²) in [5.41, 5.74) is 3.92. The van der Waals surface area contributed by atoms with Gasteiger partial charge >= 0.3 is 0 Å². The Morgan fingerprint density at radius 3 is 2.62 bits per heavy atom. The van der Waals surface area contributed by atoms with Crippen LogP contribution in [0.1, 0.15) is 25.0 Å². The van der Waals surface area contributed by atoms with Crippen LogP contribution in [0.3, 0.4) is 0 Å². The van der Waals surface area contributed by atoms with Crippen LogP contribution in [0.2, 0.25) is 0 Å². The van der Waals surface area contributed by atoms with E-state index in [-0.39, 0.29) is 12.2 Å². The molecular formula is C24H34N6O4. The molecule has 5 heterocycles. The highest BCUT2D eigenvalue weighted by molar-refractivity contribution is 6.07. The molecule has 10 heteroatoms. The van der Waals surface area contributed by atoms with Crippen LogP contribution in [0.15, 0.2) is 10.7 Å². The van der Waals surface area contributed by atoms with Crippen molar-refractivity contribution >= 4 is 33.8 Å². The molecule has 0 aromatic carbocycles. The van der Waals surface area contributed by atoms with Crippen molar-refractivity contribution in [3.8, 4) is 0 Å². The van der Waals surface area contributed by atoms with Crippen LogP contribution in [-0.4, -0.2) is 97.2 Å². The Labute approximate surface area is 199 Å². The van der Waals surface area contributed by atoms with Gasteiger partial charge < -0.3 is 28.8 Å². The third kappa shape index (κ3) is 4.31. The van der Waals surface area contributed by atoms with Crippen molar-refractivity contribution in [2.24, 2.45) is 0 Å². The molecule has 3 aromatic heterocycles. The summed E-state index contributed by atoms with van der Waals surface area (Å²) in [5.74, 6) is 1.54. The summed E-state index contributed by atoms with van der Waals surface area (Å²) in [6.45, 7) is 10.1. The zero-order valence-electron chi connectivity index (χ0n) is 20.5. The second kappa shape index (κ2) is 9.26. The van der Waals surface area contributed by atoms with Gasteiger partial charge in [-0.3, -0.25) is 4.90 Å². The number of aromatic nitrogens is 3. The summed E-state index contributed by atoms with van der Waals surface area (Å²) in [6.07, 6.45) is 2.33. The first kappa shape index (κ1) is 23.2. The summed E-state index contributed by atoms with van der Waals surface area (Å²) < 4.78 is 18.0. The fourth-order valence-corrected chi connectivity index (χ4v) is 4.90. The third-order valence-electron chi connectivity index (χ3n) is 6.67. The number of rotatable bonds is 7. The van der Waals surface area contributed by atoms with Crippen molar-refractivity contribution in [2.75, 3.05) is 76.4 Å². The lowest BCUT2D eigenvalue weighted by Crippen LogP contribution is -2.42. The van der Waals surface area contributed by atoms with Gasteiger partial charge in [0, 0.05) is 58.8 Å². The Balaban J connectivity index is 1.60. The van der Waals surface area contributed by atoms with E-state index in [1.54, 1.807) is 6.33 Å². The molecule has 5 rings (SSSR count). The lowest BCUT2D eigenvalue weighted by Gasteiger charge is -2.33. The minimum atomic E-state index is -0.286. The molecule has 10 nitrogen and oxygen atoms in total. The normalized spacial score (nSPS) is 18.4. The largest absolute Gasteiger partial charge is 0.432 e. The predicted octanol–water partition coefficient (Wildman–Crippen LogP) is 1.82. The number of anilines is 2. The molecule has 1 N–H and O–H groups in total. The van der Waals surface area contributed by atoms with Gasteiger partial charge in [0.2, 0.25) is 5.71 Å². The quantitative estimate of drug-likeness (QED) is 0.550. The molecule has 2 aliphatic heterocycles. The molecule has 1 fully saturated rings. The monoisotopic (exact) mass is 470 g/mol. The highest BCUT2D eigenvalue weighted by Crippen LogP contribution is 2.41. The predicted molar refractivity (Wildman–Crippen MR) is 131 cm³/mol. The van der Waals surface area contributed by atoms with Crippen LogP contribution in [0, 0.1) is 0 Å². The Morgan fingerprint density at radius 2 is 1.88 bits per heavy atom. The number of hydrogen-bond acceptors (Lipinski definition) is 10. The number of furan rings is 1. The number of nitrogens with zero attached hydrogens (tertiary/aromatic N) is 6. The molecule has 2 aliphatic rings. The van der Waals surface area contributed by atoms with Crippen molar-refractivity contribution in [1.82, 2.24) is 19.9 Å². The minimum absolute atomic E-state index is 0.0266. The van der Waals surface area contributed by atoms with Crippen molar-refractivity contribution in [3.05, 3.63) is 17.5 Å². The van der Waals surface area contributed by atoms with E-state index in [1.807, 2.05) is 19.0 Å². The molecule has 0 aliphatic carbocycles. The van der Waals surface area contributed by atoms with Gasteiger partial charge in [-0.05, 0) is 19.4 Å². The molecule has 184 valence electrons. The topological polar surface area (TPSA) is 100 Å². The Kier molecular flexibility index (Phi) is 6.32. The number of aliphatic hydroxyl groups excluding tert-OH is 1. The number of fused-ring (bicyclic) bond motifs is 5. The average molecular weight is 471 g/mol. The van der Waals surface area contributed by atoms with Crippen LogP contribution >= 0.6 is 0 Å². The SMILES string of the molecule is CN(C)c1nc2oc3c(N(CCO)CCN4CCOCC4)ncnc3c2c2c1COC(C)(C)C2. The highest BCUT2D eigenvalue weighted by atomic mass is 16.5. The Hall–Kier alpha value is -2.53. The van der Waals surface area contributed by atoms with Gasteiger partial charge in [0.1, 0.15) is 17.7 Å². The van der Waals surface area contributed by atoms with E-state index in [9.17, 15) is 5.11 Å². The summed E-state index contributed by atoms with van der Waals surface area (Å²) in [4.78, 5) is 20.5. The summed E-state index contributed by atoms with van der Waals surface area (Å²) >= 11 is 0. The number of pyridine rings is 1. The molecule has 0 atom stereocenters. The van der Waals surface area contributed by atoms with Gasteiger partial charge in [-0.1, -0.05) is 0 Å². The van der Waals surface area contributed by atoms with E-state index in [0.29, 0.717) is 30.3 Å². The fraction of sp³-hybridized carbons (Fsp3) is 0.625. The van der Waals surface area contributed by atoms with Gasteiger partial charge in [0.15, 0.2) is 11.4 Å². The summed E-state index contributed by atoms with van der Waals surface area (Å²) in [5, 5.41) is 10.7. The van der Waals surface area contributed by atoms with Gasteiger partial charge in [-0.25, -0.2) is 9.97 Å². The molecule has 0 unspecified atom stereocenters. The zero-order chi connectivity index (χ0) is 23.9. The van der Waals surface area contributed by atoms with Crippen LogP contribution in [-0.2, 0) is 22.5 Å². The van der Waals surface area contributed by atoms with E-state index in [1.165, 1.54) is 5.56 Å². The zero-order valence-corrected chi connectivity index (χ0v) is 20.5. The number of aliphatic hydroxyl groups is 1. The number of hydrogen-bond donors (Lipinski definition) is 1. The Morgan fingerprint density at radius 1 is 1.09 bits per heavy atom.